The first-order valence-electron chi connectivity index (χ1n) is 7.40. The third-order valence-corrected chi connectivity index (χ3v) is 5.49. The molecule has 0 aliphatic carbocycles. The number of sulfone groups is 1. The molecule has 1 rings (SSSR count). The lowest BCUT2D eigenvalue weighted by Crippen LogP contribution is -2.25. The van der Waals surface area contributed by atoms with Crippen molar-refractivity contribution < 1.29 is 8.42 Å². The highest BCUT2D eigenvalue weighted by atomic mass is 32.2. The van der Waals surface area contributed by atoms with Crippen LogP contribution in [0.3, 0.4) is 0 Å². The van der Waals surface area contributed by atoms with Crippen LogP contribution in [0.1, 0.15) is 44.2 Å². The normalized spacial score (nSPS) is 13.4. The molecule has 4 heteroatoms. The summed E-state index contributed by atoms with van der Waals surface area (Å²) in [5.74, 6) is 0.244. The molecule has 0 saturated carbocycles. The number of hydrogen-bond acceptors (Lipinski definition) is 3. The number of rotatable bonds is 8. The molecule has 0 amide bonds. The van der Waals surface area contributed by atoms with Crippen molar-refractivity contribution in [2.24, 2.45) is 0 Å². The largest absolute Gasteiger partial charge is 0.315 e. The van der Waals surface area contributed by atoms with Gasteiger partial charge in [-0.15, -0.1) is 0 Å². The third-order valence-electron chi connectivity index (χ3n) is 3.69. The SMILES string of the molecule is CCNC(C)CCCCS(=O)(=O)c1ccc(C)c(C)c1. The van der Waals surface area contributed by atoms with Gasteiger partial charge in [-0.25, -0.2) is 8.42 Å². The van der Waals surface area contributed by atoms with Crippen molar-refractivity contribution in [3.63, 3.8) is 0 Å². The van der Waals surface area contributed by atoms with Gasteiger partial charge in [0.15, 0.2) is 9.84 Å². The predicted octanol–water partition coefficient (Wildman–Crippen LogP) is 3.25. The van der Waals surface area contributed by atoms with Gasteiger partial charge in [0.25, 0.3) is 0 Å². The van der Waals surface area contributed by atoms with Crippen molar-refractivity contribution in [3.8, 4) is 0 Å². The molecule has 0 aliphatic heterocycles. The Hall–Kier alpha value is -0.870. The van der Waals surface area contributed by atoms with E-state index in [-0.39, 0.29) is 5.75 Å². The summed E-state index contributed by atoms with van der Waals surface area (Å²) in [7, 11) is -3.13. The standard InChI is InChI=1S/C16H27NO2S/c1-5-17-15(4)8-6-7-11-20(18,19)16-10-9-13(2)14(3)12-16/h9-10,12,15,17H,5-8,11H2,1-4H3. The van der Waals surface area contributed by atoms with Crippen LogP contribution in [0, 0.1) is 13.8 Å². The van der Waals surface area contributed by atoms with Crippen molar-refractivity contribution >= 4 is 9.84 Å². The van der Waals surface area contributed by atoms with Crippen LogP contribution in [-0.2, 0) is 9.84 Å². The molecule has 3 nitrogen and oxygen atoms in total. The molecule has 0 heterocycles. The van der Waals surface area contributed by atoms with Crippen LogP contribution in [-0.4, -0.2) is 26.8 Å². The van der Waals surface area contributed by atoms with Gasteiger partial charge in [0.2, 0.25) is 0 Å². The molecule has 20 heavy (non-hydrogen) atoms. The number of hydrogen-bond donors (Lipinski definition) is 1. The lowest BCUT2D eigenvalue weighted by molar-refractivity contribution is 0.507. The second kappa shape index (κ2) is 7.79. The van der Waals surface area contributed by atoms with Crippen LogP contribution in [0.5, 0.6) is 0 Å². The van der Waals surface area contributed by atoms with Crippen LogP contribution >= 0.6 is 0 Å². The molecule has 114 valence electrons. The van der Waals surface area contributed by atoms with Crippen molar-refractivity contribution in [1.82, 2.24) is 5.32 Å². The van der Waals surface area contributed by atoms with Gasteiger partial charge in [-0.2, -0.15) is 0 Å². The first-order valence-corrected chi connectivity index (χ1v) is 9.05. The molecule has 0 saturated heterocycles. The molecule has 0 aliphatic rings. The second-order valence-corrected chi connectivity index (χ2v) is 7.63. The smallest absolute Gasteiger partial charge is 0.178 e. The monoisotopic (exact) mass is 297 g/mol. The average molecular weight is 297 g/mol. The number of nitrogens with one attached hydrogen (secondary N) is 1. The van der Waals surface area contributed by atoms with Crippen LogP contribution < -0.4 is 5.32 Å². The Bertz CT molecular complexity index is 523. The predicted molar refractivity (Wildman–Crippen MR) is 85.0 cm³/mol. The summed E-state index contributed by atoms with van der Waals surface area (Å²) in [5, 5.41) is 3.34. The van der Waals surface area contributed by atoms with Crippen molar-refractivity contribution in [2.75, 3.05) is 12.3 Å². The molecular weight excluding hydrogens is 270 g/mol. The van der Waals surface area contributed by atoms with Gasteiger partial charge in [-0.3, -0.25) is 0 Å². The zero-order valence-electron chi connectivity index (χ0n) is 13.1. The summed E-state index contributed by atoms with van der Waals surface area (Å²) in [6.07, 6.45) is 2.69. The Kier molecular flexibility index (Phi) is 6.69. The van der Waals surface area contributed by atoms with Gasteiger partial charge >= 0.3 is 0 Å². The van der Waals surface area contributed by atoms with Crippen molar-refractivity contribution in [2.45, 2.75) is 57.9 Å². The van der Waals surface area contributed by atoms with Gasteiger partial charge in [0.1, 0.15) is 0 Å². The Morgan fingerprint density at radius 2 is 1.85 bits per heavy atom. The van der Waals surface area contributed by atoms with Gasteiger partial charge in [0, 0.05) is 6.04 Å². The summed E-state index contributed by atoms with van der Waals surface area (Å²) in [6.45, 7) is 9.13. The summed E-state index contributed by atoms with van der Waals surface area (Å²) < 4.78 is 24.5. The van der Waals surface area contributed by atoms with Crippen LogP contribution in [0.2, 0.25) is 0 Å². The zero-order chi connectivity index (χ0) is 15.2. The molecule has 1 aromatic rings. The molecule has 1 N–H and O–H groups in total. The van der Waals surface area contributed by atoms with E-state index in [0.717, 1.165) is 36.9 Å². The second-order valence-electron chi connectivity index (χ2n) is 5.52. The lowest BCUT2D eigenvalue weighted by Gasteiger charge is -2.12. The number of benzene rings is 1. The summed E-state index contributed by atoms with van der Waals surface area (Å²) >= 11 is 0. The Morgan fingerprint density at radius 3 is 2.45 bits per heavy atom. The molecular formula is C16H27NO2S. The van der Waals surface area contributed by atoms with Gasteiger partial charge in [-0.1, -0.05) is 19.4 Å². The van der Waals surface area contributed by atoms with Gasteiger partial charge < -0.3 is 5.32 Å². The Morgan fingerprint density at radius 1 is 1.15 bits per heavy atom. The maximum atomic E-state index is 12.3. The van der Waals surface area contributed by atoms with Gasteiger partial charge in [0.05, 0.1) is 10.6 Å². The maximum Gasteiger partial charge on any atom is 0.178 e. The molecule has 0 radical (unpaired) electrons. The quantitative estimate of drug-likeness (QED) is 0.749. The summed E-state index contributed by atoms with van der Waals surface area (Å²) in [5.41, 5.74) is 2.16. The topological polar surface area (TPSA) is 46.2 Å². The molecule has 1 unspecified atom stereocenters. The fourth-order valence-corrected chi connectivity index (χ4v) is 3.67. The van der Waals surface area contributed by atoms with Crippen molar-refractivity contribution in [1.29, 1.82) is 0 Å². The van der Waals surface area contributed by atoms with E-state index in [1.165, 1.54) is 0 Å². The first-order chi connectivity index (χ1) is 9.36. The van der Waals surface area contributed by atoms with Gasteiger partial charge in [-0.05, 0) is 63.4 Å². The van der Waals surface area contributed by atoms with E-state index >= 15 is 0 Å². The average Bonchev–Trinajstić information content (AvgIpc) is 2.38. The van der Waals surface area contributed by atoms with E-state index in [1.807, 2.05) is 19.9 Å². The lowest BCUT2D eigenvalue weighted by atomic mass is 10.1. The number of aryl methyl sites for hydroxylation is 2. The minimum absolute atomic E-state index is 0.244. The molecule has 1 aromatic carbocycles. The molecule has 0 spiro atoms. The molecule has 0 bridgehead atoms. The van der Waals surface area contributed by atoms with E-state index in [1.54, 1.807) is 12.1 Å². The van der Waals surface area contributed by atoms with Crippen LogP contribution in [0.4, 0.5) is 0 Å². The third kappa shape index (κ3) is 5.25. The highest BCUT2D eigenvalue weighted by Crippen LogP contribution is 2.17. The highest BCUT2D eigenvalue weighted by Gasteiger charge is 2.14. The van der Waals surface area contributed by atoms with Crippen molar-refractivity contribution in [3.05, 3.63) is 29.3 Å². The fourth-order valence-electron chi connectivity index (χ4n) is 2.22. The molecule has 0 aromatic heterocycles. The Labute approximate surface area is 123 Å². The highest BCUT2D eigenvalue weighted by molar-refractivity contribution is 7.91. The van der Waals surface area contributed by atoms with E-state index in [9.17, 15) is 8.42 Å². The fraction of sp³-hybridized carbons (Fsp3) is 0.625. The summed E-state index contributed by atoms with van der Waals surface area (Å²) in [6, 6.07) is 5.85. The first kappa shape index (κ1) is 17.2. The summed E-state index contributed by atoms with van der Waals surface area (Å²) in [4.78, 5) is 0.459. The van der Waals surface area contributed by atoms with Crippen LogP contribution in [0.25, 0.3) is 0 Å². The van der Waals surface area contributed by atoms with E-state index in [0.29, 0.717) is 10.9 Å². The minimum atomic E-state index is -3.13. The zero-order valence-corrected chi connectivity index (χ0v) is 13.9. The molecule has 1 atom stereocenters. The minimum Gasteiger partial charge on any atom is -0.315 e. The van der Waals surface area contributed by atoms with E-state index in [4.69, 9.17) is 0 Å². The number of unbranched alkanes of at least 4 members (excludes halogenated alkanes) is 1. The molecule has 0 fully saturated rings. The van der Waals surface area contributed by atoms with Crippen LogP contribution in [0.15, 0.2) is 23.1 Å². The van der Waals surface area contributed by atoms with E-state index < -0.39 is 9.84 Å². The Balaban J connectivity index is 2.51. The van der Waals surface area contributed by atoms with E-state index in [2.05, 4.69) is 19.2 Å². The maximum absolute atomic E-state index is 12.3.